The third kappa shape index (κ3) is 3.31. The minimum atomic E-state index is -1.02. The number of hydrogen-bond acceptors (Lipinski definition) is 2. The number of carbonyl (C=O) groups is 2. The summed E-state index contributed by atoms with van der Waals surface area (Å²) in [5.74, 6) is -0.198. The molecule has 0 bridgehead atoms. The van der Waals surface area contributed by atoms with Gasteiger partial charge in [0.2, 0.25) is 5.91 Å². The van der Waals surface area contributed by atoms with Crippen molar-refractivity contribution in [2.24, 2.45) is 0 Å². The molecule has 1 aliphatic heterocycles. The normalized spacial score (nSPS) is 21.6. The van der Waals surface area contributed by atoms with Crippen molar-refractivity contribution in [3.05, 3.63) is 65.4 Å². The molecule has 0 saturated heterocycles. The SMILES string of the molecule is Cc1ccc(N2C(=O)c3cc4ccccc4n3CC2(C)C(=O)NC2CCCCC2)cc1C. The summed E-state index contributed by atoms with van der Waals surface area (Å²) in [6, 6.07) is 16.2. The molecular formula is C27H31N3O2. The Balaban J connectivity index is 1.62. The number of rotatable bonds is 3. The minimum Gasteiger partial charge on any atom is -0.351 e. The lowest BCUT2D eigenvalue weighted by Gasteiger charge is -2.45. The van der Waals surface area contributed by atoms with Crippen LogP contribution in [0.5, 0.6) is 0 Å². The minimum absolute atomic E-state index is 0.0700. The maximum absolute atomic E-state index is 13.9. The van der Waals surface area contributed by atoms with Crippen LogP contribution in [-0.2, 0) is 11.3 Å². The van der Waals surface area contributed by atoms with Crippen LogP contribution < -0.4 is 10.2 Å². The average Bonchev–Trinajstić information content (AvgIpc) is 3.15. The zero-order chi connectivity index (χ0) is 22.5. The van der Waals surface area contributed by atoms with E-state index in [2.05, 4.69) is 12.2 Å². The molecule has 5 nitrogen and oxygen atoms in total. The van der Waals surface area contributed by atoms with Crippen molar-refractivity contribution >= 4 is 28.4 Å². The Bertz CT molecular complexity index is 1200. The zero-order valence-corrected chi connectivity index (χ0v) is 19.1. The number of fused-ring (bicyclic) bond motifs is 3. The fourth-order valence-electron chi connectivity index (χ4n) is 5.30. The van der Waals surface area contributed by atoms with Crippen LogP contribution in [0.15, 0.2) is 48.5 Å². The molecule has 3 aromatic rings. The second kappa shape index (κ2) is 7.80. The Morgan fingerprint density at radius 2 is 1.75 bits per heavy atom. The second-order valence-corrected chi connectivity index (χ2v) is 9.67. The quantitative estimate of drug-likeness (QED) is 0.628. The number of carbonyl (C=O) groups excluding carboxylic acids is 2. The van der Waals surface area contributed by atoms with E-state index < -0.39 is 5.54 Å². The van der Waals surface area contributed by atoms with Gasteiger partial charge in [-0.05, 0) is 69.0 Å². The van der Waals surface area contributed by atoms with Gasteiger partial charge in [0, 0.05) is 22.6 Å². The molecule has 5 heteroatoms. The van der Waals surface area contributed by atoms with Gasteiger partial charge in [0.25, 0.3) is 5.91 Å². The van der Waals surface area contributed by atoms with Crippen molar-refractivity contribution in [2.45, 2.75) is 71.0 Å². The van der Waals surface area contributed by atoms with Crippen LogP contribution in [0.3, 0.4) is 0 Å². The smallest absolute Gasteiger partial charge is 0.275 e. The number of nitrogens with one attached hydrogen (secondary N) is 1. The summed E-state index contributed by atoms with van der Waals surface area (Å²) in [6.07, 6.45) is 5.55. The summed E-state index contributed by atoms with van der Waals surface area (Å²) < 4.78 is 2.02. The van der Waals surface area contributed by atoms with Gasteiger partial charge in [-0.1, -0.05) is 43.5 Å². The number of nitrogens with zero attached hydrogens (tertiary/aromatic N) is 2. The van der Waals surface area contributed by atoms with E-state index in [1.165, 1.54) is 12.0 Å². The number of amides is 2. The predicted molar refractivity (Wildman–Crippen MR) is 128 cm³/mol. The third-order valence-corrected chi connectivity index (χ3v) is 7.37. The van der Waals surface area contributed by atoms with Crippen molar-refractivity contribution in [3.63, 3.8) is 0 Å². The molecular weight excluding hydrogens is 398 g/mol. The van der Waals surface area contributed by atoms with Crippen LogP contribution in [0.4, 0.5) is 5.69 Å². The maximum Gasteiger partial charge on any atom is 0.275 e. The lowest BCUT2D eigenvalue weighted by Crippen LogP contribution is -2.65. The first kappa shape index (κ1) is 20.8. The average molecular weight is 430 g/mol. The molecule has 0 radical (unpaired) electrons. The molecule has 32 heavy (non-hydrogen) atoms. The Morgan fingerprint density at radius 3 is 2.50 bits per heavy atom. The summed E-state index contributed by atoms with van der Waals surface area (Å²) >= 11 is 0. The van der Waals surface area contributed by atoms with Crippen molar-refractivity contribution in [3.8, 4) is 0 Å². The van der Waals surface area contributed by atoms with Gasteiger partial charge < -0.3 is 9.88 Å². The van der Waals surface area contributed by atoms with Gasteiger partial charge in [-0.3, -0.25) is 14.5 Å². The summed E-state index contributed by atoms with van der Waals surface area (Å²) in [5, 5.41) is 4.32. The van der Waals surface area contributed by atoms with E-state index in [4.69, 9.17) is 0 Å². The highest BCUT2D eigenvalue weighted by molar-refractivity contribution is 6.14. The van der Waals surface area contributed by atoms with E-state index in [9.17, 15) is 9.59 Å². The molecule has 2 heterocycles. The van der Waals surface area contributed by atoms with E-state index in [1.807, 2.05) is 66.9 Å². The number of aromatic nitrogens is 1. The lowest BCUT2D eigenvalue weighted by molar-refractivity contribution is -0.127. The molecule has 2 aromatic carbocycles. The van der Waals surface area contributed by atoms with Gasteiger partial charge in [0.05, 0.1) is 6.54 Å². The first-order chi connectivity index (χ1) is 15.4. The first-order valence-corrected chi connectivity index (χ1v) is 11.7. The molecule has 0 spiro atoms. The molecule has 2 aliphatic rings. The molecule has 1 saturated carbocycles. The molecule has 1 atom stereocenters. The predicted octanol–water partition coefficient (Wildman–Crippen LogP) is 5.13. The summed E-state index contributed by atoms with van der Waals surface area (Å²) in [7, 11) is 0. The topological polar surface area (TPSA) is 54.3 Å². The highest BCUT2D eigenvalue weighted by atomic mass is 16.2. The number of benzene rings is 2. The van der Waals surface area contributed by atoms with E-state index in [0.29, 0.717) is 12.2 Å². The number of para-hydroxylation sites is 1. The van der Waals surface area contributed by atoms with Gasteiger partial charge >= 0.3 is 0 Å². The van der Waals surface area contributed by atoms with Gasteiger partial charge in [-0.25, -0.2) is 0 Å². The monoisotopic (exact) mass is 429 g/mol. The van der Waals surface area contributed by atoms with Crippen LogP contribution in [0, 0.1) is 13.8 Å². The molecule has 1 aromatic heterocycles. The largest absolute Gasteiger partial charge is 0.351 e. The molecule has 1 N–H and O–H groups in total. The molecule has 1 fully saturated rings. The second-order valence-electron chi connectivity index (χ2n) is 9.67. The van der Waals surface area contributed by atoms with Gasteiger partial charge in [0.1, 0.15) is 11.2 Å². The Morgan fingerprint density at radius 1 is 1.00 bits per heavy atom. The fraction of sp³-hybridized carbons (Fsp3) is 0.407. The standard InChI is InChI=1S/C27H31N3O2/c1-18-13-14-22(15-19(18)2)30-25(31)24-16-20-9-7-8-12-23(20)29(24)17-27(30,3)26(32)28-21-10-5-4-6-11-21/h7-9,12-16,21H,4-6,10-11,17H2,1-3H3,(H,28,32). The molecule has 166 valence electrons. The maximum atomic E-state index is 13.9. The van der Waals surface area contributed by atoms with Gasteiger partial charge in [-0.2, -0.15) is 0 Å². The van der Waals surface area contributed by atoms with Gasteiger partial charge in [-0.15, -0.1) is 0 Å². The number of aryl methyl sites for hydroxylation is 2. The fourth-order valence-corrected chi connectivity index (χ4v) is 5.30. The summed E-state index contributed by atoms with van der Waals surface area (Å²) in [5.41, 5.74) is 3.65. The van der Waals surface area contributed by atoms with Crippen LogP contribution in [-0.4, -0.2) is 28.0 Å². The summed E-state index contributed by atoms with van der Waals surface area (Å²) in [6.45, 7) is 6.44. The van der Waals surface area contributed by atoms with E-state index in [-0.39, 0.29) is 17.9 Å². The van der Waals surface area contributed by atoms with Crippen LogP contribution in [0.25, 0.3) is 10.9 Å². The van der Waals surface area contributed by atoms with Crippen molar-refractivity contribution in [2.75, 3.05) is 4.90 Å². The third-order valence-electron chi connectivity index (χ3n) is 7.37. The number of anilines is 1. The lowest BCUT2D eigenvalue weighted by atomic mass is 9.90. The molecule has 5 rings (SSSR count). The Hall–Kier alpha value is -3.08. The van der Waals surface area contributed by atoms with Crippen LogP contribution in [0.1, 0.15) is 60.6 Å². The van der Waals surface area contributed by atoms with Crippen molar-refractivity contribution < 1.29 is 9.59 Å². The van der Waals surface area contributed by atoms with Crippen molar-refractivity contribution in [1.82, 2.24) is 9.88 Å². The van der Waals surface area contributed by atoms with E-state index in [1.54, 1.807) is 4.90 Å². The van der Waals surface area contributed by atoms with E-state index in [0.717, 1.165) is 47.8 Å². The summed E-state index contributed by atoms with van der Waals surface area (Å²) in [4.78, 5) is 29.5. The molecule has 1 unspecified atom stereocenters. The van der Waals surface area contributed by atoms with Gasteiger partial charge in [0.15, 0.2) is 0 Å². The van der Waals surface area contributed by atoms with E-state index >= 15 is 0 Å². The van der Waals surface area contributed by atoms with Crippen LogP contribution >= 0.6 is 0 Å². The van der Waals surface area contributed by atoms with Crippen molar-refractivity contribution in [1.29, 1.82) is 0 Å². The highest BCUT2D eigenvalue weighted by Gasteiger charge is 2.49. The Labute approximate surface area is 189 Å². The molecule has 1 aliphatic carbocycles. The van der Waals surface area contributed by atoms with Crippen LogP contribution in [0.2, 0.25) is 0 Å². The number of hydrogen-bond donors (Lipinski definition) is 1. The Kier molecular flexibility index (Phi) is 5.07. The molecule has 2 amide bonds. The zero-order valence-electron chi connectivity index (χ0n) is 19.1. The first-order valence-electron chi connectivity index (χ1n) is 11.7. The highest BCUT2D eigenvalue weighted by Crippen LogP contribution is 2.36.